The Morgan fingerprint density at radius 2 is 1.79 bits per heavy atom. The van der Waals surface area contributed by atoms with Crippen LogP contribution in [0.5, 0.6) is 17.2 Å². The molecule has 0 atom stereocenters. The molecule has 0 radical (unpaired) electrons. The van der Waals surface area contributed by atoms with E-state index in [1.165, 1.54) is 11.1 Å². The molecule has 39 heavy (non-hydrogen) atoms. The molecule has 0 saturated carbocycles. The molecule has 0 unspecified atom stereocenters. The second-order valence-corrected chi connectivity index (χ2v) is 9.44. The van der Waals surface area contributed by atoms with Crippen LogP contribution < -0.4 is 19.8 Å². The van der Waals surface area contributed by atoms with E-state index in [1.807, 2.05) is 48.8 Å². The standard InChI is InChI=1S/C30H33N3O4.2ClH/c1-32-27-10-9-26(19-25(27)8-12-30(32)34)35-17-4-2-3-15-33(16-13-23-6-5-14-31-20-23)21-24-7-11-28-29(18-24)37-22-36-28;;/h5-12,14,18-20H,2-4,13,15-17,21-22H2,1H3;2*1H. The summed E-state index contributed by atoms with van der Waals surface area (Å²) in [6, 6.07) is 19.7. The second-order valence-electron chi connectivity index (χ2n) is 9.44. The predicted molar refractivity (Wildman–Crippen MR) is 159 cm³/mol. The third-order valence-electron chi connectivity index (χ3n) is 6.77. The van der Waals surface area contributed by atoms with E-state index in [4.69, 9.17) is 14.2 Å². The van der Waals surface area contributed by atoms with Crippen molar-refractivity contribution in [3.8, 4) is 17.2 Å². The van der Waals surface area contributed by atoms with E-state index >= 15 is 0 Å². The number of benzene rings is 2. The largest absolute Gasteiger partial charge is 0.494 e. The lowest BCUT2D eigenvalue weighted by molar-refractivity contribution is 0.174. The molecule has 0 aliphatic carbocycles. The molecule has 7 nitrogen and oxygen atoms in total. The first-order valence-corrected chi connectivity index (χ1v) is 12.9. The van der Waals surface area contributed by atoms with Crippen molar-refractivity contribution < 1.29 is 14.2 Å². The van der Waals surface area contributed by atoms with Crippen molar-refractivity contribution in [2.45, 2.75) is 32.2 Å². The molecule has 0 N–H and O–H groups in total. The van der Waals surface area contributed by atoms with Gasteiger partial charge in [0.05, 0.1) is 12.1 Å². The van der Waals surface area contributed by atoms with Crippen LogP contribution in [0.4, 0.5) is 0 Å². The van der Waals surface area contributed by atoms with Crippen LogP contribution in [-0.2, 0) is 20.0 Å². The average Bonchev–Trinajstić information content (AvgIpc) is 3.40. The van der Waals surface area contributed by atoms with Crippen LogP contribution in [-0.4, -0.2) is 40.9 Å². The Balaban J connectivity index is 0.00000210. The first-order valence-electron chi connectivity index (χ1n) is 12.9. The quantitative estimate of drug-likeness (QED) is 0.200. The van der Waals surface area contributed by atoms with Gasteiger partial charge in [0.15, 0.2) is 11.5 Å². The lowest BCUT2D eigenvalue weighted by Crippen LogP contribution is -2.27. The number of aromatic nitrogens is 2. The third kappa shape index (κ3) is 8.12. The predicted octanol–water partition coefficient (Wildman–Crippen LogP) is 5.80. The second kappa shape index (κ2) is 14.8. The fraction of sp³-hybridized carbons (Fsp3) is 0.333. The molecule has 0 bridgehead atoms. The summed E-state index contributed by atoms with van der Waals surface area (Å²) in [5.41, 5.74) is 3.39. The summed E-state index contributed by atoms with van der Waals surface area (Å²) in [6.45, 7) is 3.82. The van der Waals surface area contributed by atoms with Crippen molar-refractivity contribution >= 4 is 35.7 Å². The van der Waals surface area contributed by atoms with E-state index in [9.17, 15) is 4.79 Å². The fourth-order valence-electron chi connectivity index (χ4n) is 4.66. The monoisotopic (exact) mass is 571 g/mol. The van der Waals surface area contributed by atoms with Gasteiger partial charge in [-0.2, -0.15) is 0 Å². The van der Waals surface area contributed by atoms with Gasteiger partial charge >= 0.3 is 0 Å². The molecule has 3 heterocycles. The highest BCUT2D eigenvalue weighted by Gasteiger charge is 2.15. The SMILES string of the molecule is Cl.Cl.Cn1c(=O)ccc2cc(OCCCCCN(CCc3cccnc3)Cc3ccc4c(c3)OCO4)ccc21. The lowest BCUT2D eigenvalue weighted by Gasteiger charge is -2.22. The highest BCUT2D eigenvalue weighted by Crippen LogP contribution is 2.32. The molecule has 0 spiro atoms. The molecule has 1 aliphatic heterocycles. The van der Waals surface area contributed by atoms with Gasteiger partial charge in [-0.05, 0) is 85.8 Å². The fourth-order valence-corrected chi connectivity index (χ4v) is 4.66. The summed E-state index contributed by atoms with van der Waals surface area (Å²) < 4.78 is 18.7. The maximum atomic E-state index is 11.8. The number of hydrogen-bond acceptors (Lipinski definition) is 6. The number of halogens is 2. The average molecular weight is 573 g/mol. The van der Waals surface area contributed by atoms with Crippen LogP contribution in [0.15, 0.2) is 77.9 Å². The first kappa shape index (κ1) is 30.3. The maximum Gasteiger partial charge on any atom is 0.250 e. The van der Waals surface area contributed by atoms with Gasteiger partial charge < -0.3 is 18.8 Å². The Kier molecular flexibility index (Phi) is 11.5. The molecule has 1 aliphatic rings. The van der Waals surface area contributed by atoms with Gasteiger partial charge in [0.25, 0.3) is 5.56 Å². The van der Waals surface area contributed by atoms with Gasteiger partial charge in [0.1, 0.15) is 5.75 Å². The van der Waals surface area contributed by atoms with Crippen molar-refractivity contribution in [1.82, 2.24) is 14.5 Å². The van der Waals surface area contributed by atoms with Crippen LogP contribution >= 0.6 is 24.8 Å². The molecule has 208 valence electrons. The summed E-state index contributed by atoms with van der Waals surface area (Å²) in [4.78, 5) is 18.6. The summed E-state index contributed by atoms with van der Waals surface area (Å²) in [6.07, 6.45) is 7.91. The van der Waals surface area contributed by atoms with Gasteiger partial charge in [0, 0.05) is 44.0 Å². The van der Waals surface area contributed by atoms with Crippen molar-refractivity contribution in [2.75, 3.05) is 26.5 Å². The molecule has 4 aromatic rings. The zero-order chi connectivity index (χ0) is 25.5. The van der Waals surface area contributed by atoms with Gasteiger partial charge in [-0.25, -0.2) is 0 Å². The van der Waals surface area contributed by atoms with E-state index in [0.29, 0.717) is 13.4 Å². The Bertz CT molecular complexity index is 1400. The summed E-state index contributed by atoms with van der Waals surface area (Å²) in [5.74, 6) is 2.49. The smallest absolute Gasteiger partial charge is 0.250 e. The number of aryl methyl sites for hydroxylation is 1. The van der Waals surface area contributed by atoms with E-state index < -0.39 is 0 Å². The third-order valence-corrected chi connectivity index (χ3v) is 6.77. The van der Waals surface area contributed by atoms with E-state index in [2.05, 4.69) is 28.1 Å². The van der Waals surface area contributed by atoms with Crippen molar-refractivity contribution in [3.05, 3.63) is 94.5 Å². The highest BCUT2D eigenvalue weighted by molar-refractivity contribution is 5.85. The number of pyridine rings is 2. The van der Waals surface area contributed by atoms with Crippen molar-refractivity contribution in [3.63, 3.8) is 0 Å². The normalized spacial score (nSPS) is 11.7. The van der Waals surface area contributed by atoms with Gasteiger partial charge in [-0.15, -0.1) is 24.8 Å². The molecule has 0 amide bonds. The Labute approximate surface area is 241 Å². The highest BCUT2D eigenvalue weighted by atomic mass is 35.5. The minimum Gasteiger partial charge on any atom is -0.494 e. The molecule has 5 rings (SSSR count). The number of fused-ring (bicyclic) bond motifs is 2. The molecule has 2 aromatic heterocycles. The van der Waals surface area contributed by atoms with Gasteiger partial charge in [-0.1, -0.05) is 12.1 Å². The molecule has 2 aromatic carbocycles. The number of ether oxygens (including phenoxy) is 3. The number of rotatable bonds is 12. The lowest BCUT2D eigenvalue weighted by atomic mass is 10.1. The summed E-state index contributed by atoms with van der Waals surface area (Å²) in [5, 5.41) is 1.01. The van der Waals surface area contributed by atoms with Gasteiger partial charge in [-0.3, -0.25) is 14.7 Å². The molecular weight excluding hydrogens is 537 g/mol. The number of nitrogens with zero attached hydrogens (tertiary/aromatic N) is 3. The maximum absolute atomic E-state index is 11.8. The van der Waals surface area contributed by atoms with E-state index in [-0.39, 0.29) is 30.4 Å². The minimum absolute atomic E-state index is 0. The molecule has 9 heteroatoms. The van der Waals surface area contributed by atoms with Gasteiger partial charge in [0.2, 0.25) is 6.79 Å². The minimum atomic E-state index is -0.00540. The number of hydrogen-bond donors (Lipinski definition) is 0. The zero-order valence-corrected chi connectivity index (χ0v) is 23.7. The Morgan fingerprint density at radius 3 is 2.64 bits per heavy atom. The topological polar surface area (TPSA) is 65.8 Å². The summed E-state index contributed by atoms with van der Waals surface area (Å²) >= 11 is 0. The molecule has 0 saturated heterocycles. The van der Waals surface area contributed by atoms with Crippen LogP contribution in [0.1, 0.15) is 30.4 Å². The van der Waals surface area contributed by atoms with Crippen LogP contribution in [0, 0.1) is 0 Å². The van der Waals surface area contributed by atoms with E-state index in [0.717, 1.165) is 73.5 Å². The first-order chi connectivity index (χ1) is 18.2. The van der Waals surface area contributed by atoms with E-state index in [1.54, 1.807) is 17.7 Å². The van der Waals surface area contributed by atoms with Crippen LogP contribution in [0.2, 0.25) is 0 Å². The van der Waals surface area contributed by atoms with Crippen LogP contribution in [0.25, 0.3) is 10.9 Å². The summed E-state index contributed by atoms with van der Waals surface area (Å²) in [7, 11) is 1.79. The Hall–Kier alpha value is -3.26. The van der Waals surface area contributed by atoms with Crippen molar-refractivity contribution in [1.29, 1.82) is 0 Å². The Morgan fingerprint density at radius 1 is 0.923 bits per heavy atom. The number of unbranched alkanes of at least 4 members (excludes halogenated alkanes) is 2. The molecular formula is C30H35Cl2N3O4. The van der Waals surface area contributed by atoms with Crippen LogP contribution in [0.3, 0.4) is 0 Å². The molecule has 0 fully saturated rings. The zero-order valence-electron chi connectivity index (χ0n) is 22.1. The van der Waals surface area contributed by atoms with Crippen molar-refractivity contribution in [2.24, 2.45) is 7.05 Å².